The van der Waals surface area contributed by atoms with Crippen molar-refractivity contribution in [3.05, 3.63) is 66.6 Å². The molecule has 0 spiro atoms. The lowest BCUT2D eigenvalue weighted by Crippen LogP contribution is -2.37. The van der Waals surface area contributed by atoms with Crippen LogP contribution in [0.3, 0.4) is 0 Å². The zero-order valence-corrected chi connectivity index (χ0v) is 20.6. The van der Waals surface area contributed by atoms with Gasteiger partial charge in [-0.15, -0.1) is 5.10 Å². The third kappa shape index (κ3) is 5.27. The minimum absolute atomic E-state index is 0.0198. The van der Waals surface area contributed by atoms with Gasteiger partial charge in [-0.25, -0.2) is 23.4 Å². The Bertz CT molecular complexity index is 1400. The van der Waals surface area contributed by atoms with Crippen molar-refractivity contribution in [3.8, 4) is 16.9 Å². The van der Waals surface area contributed by atoms with E-state index in [0.29, 0.717) is 62.4 Å². The Morgan fingerprint density at radius 3 is 2.24 bits per heavy atom. The normalized spacial score (nSPS) is 16.1. The lowest BCUT2D eigenvalue weighted by molar-refractivity contribution is 0.122. The van der Waals surface area contributed by atoms with Crippen LogP contribution in [-0.2, 0) is 9.47 Å². The van der Waals surface area contributed by atoms with Gasteiger partial charge in [0.2, 0.25) is 11.9 Å². The number of halogens is 2. The van der Waals surface area contributed by atoms with Crippen molar-refractivity contribution in [1.82, 2.24) is 24.7 Å². The zero-order valence-electron chi connectivity index (χ0n) is 20.6. The molecule has 196 valence electrons. The molecule has 0 amide bonds. The maximum atomic E-state index is 14.7. The van der Waals surface area contributed by atoms with Crippen LogP contribution in [0.5, 0.6) is 0 Å². The largest absolute Gasteiger partial charge is 0.378 e. The molecule has 2 aromatic carbocycles. The first-order valence-electron chi connectivity index (χ1n) is 12.4. The molecule has 0 bridgehead atoms. The number of anilines is 4. The van der Waals surface area contributed by atoms with Crippen molar-refractivity contribution in [3.63, 3.8) is 0 Å². The molecule has 2 aliphatic heterocycles. The van der Waals surface area contributed by atoms with E-state index in [2.05, 4.69) is 30.3 Å². The van der Waals surface area contributed by atoms with Crippen molar-refractivity contribution < 1.29 is 18.3 Å². The summed E-state index contributed by atoms with van der Waals surface area (Å²) in [6.07, 6.45) is 2.76. The van der Waals surface area contributed by atoms with Crippen LogP contribution in [0.25, 0.3) is 16.9 Å². The first-order chi connectivity index (χ1) is 18.6. The highest BCUT2D eigenvalue weighted by molar-refractivity contribution is 5.68. The van der Waals surface area contributed by atoms with Crippen molar-refractivity contribution in [1.29, 1.82) is 0 Å². The molecule has 1 N–H and O–H groups in total. The Labute approximate surface area is 217 Å². The second kappa shape index (κ2) is 10.7. The average molecular weight is 521 g/mol. The summed E-state index contributed by atoms with van der Waals surface area (Å²) < 4.78 is 41.7. The number of rotatable bonds is 6. The van der Waals surface area contributed by atoms with Gasteiger partial charge in [-0.3, -0.25) is 0 Å². The molecule has 0 atom stereocenters. The quantitative estimate of drug-likeness (QED) is 0.411. The number of ether oxygens (including phenoxy) is 2. The summed E-state index contributed by atoms with van der Waals surface area (Å²) in [7, 11) is 0. The van der Waals surface area contributed by atoms with E-state index in [1.54, 1.807) is 17.1 Å². The Kier molecular flexibility index (Phi) is 6.80. The molecular formula is C26H26F2N8O2. The van der Waals surface area contributed by atoms with Gasteiger partial charge in [0, 0.05) is 43.1 Å². The van der Waals surface area contributed by atoms with Gasteiger partial charge in [-0.1, -0.05) is 0 Å². The Morgan fingerprint density at radius 1 is 0.789 bits per heavy atom. The van der Waals surface area contributed by atoms with Crippen molar-refractivity contribution in [2.75, 3.05) is 67.7 Å². The van der Waals surface area contributed by atoms with E-state index in [1.165, 1.54) is 12.1 Å². The highest BCUT2D eigenvalue weighted by atomic mass is 19.1. The lowest BCUT2D eigenvalue weighted by atomic mass is 10.1. The summed E-state index contributed by atoms with van der Waals surface area (Å²) in [6, 6.07) is 11.9. The molecule has 2 fully saturated rings. The minimum atomic E-state index is -0.633. The van der Waals surface area contributed by atoms with Crippen LogP contribution in [-0.4, -0.2) is 77.3 Å². The molecule has 0 radical (unpaired) electrons. The molecule has 0 saturated carbocycles. The third-order valence-corrected chi connectivity index (χ3v) is 6.44. The van der Waals surface area contributed by atoms with E-state index >= 15 is 0 Å². The van der Waals surface area contributed by atoms with Crippen LogP contribution in [0.1, 0.15) is 0 Å². The van der Waals surface area contributed by atoms with E-state index in [4.69, 9.17) is 9.47 Å². The molecule has 10 nitrogen and oxygen atoms in total. The summed E-state index contributed by atoms with van der Waals surface area (Å²) in [5, 5.41) is 7.66. The summed E-state index contributed by atoms with van der Waals surface area (Å²) in [5.74, 6) is -0.234. The predicted octanol–water partition coefficient (Wildman–Crippen LogP) is 3.42. The van der Waals surface area contributed by atoms with Crippen LogP contribution >= 0.6 is 0 Å². The average Bonchev–Trinajstić information content (AvgIpc) is 3.46. The van der Waals surface area contributed by atoms with E-state index < -0.39 is 11.6 Å². The summed E-state index contributed by atoms with van der Waals surface area (Å²) >= 11 is 0. The molecular weight excluding hydrogens is 494 g/mol. The SMILES string of the molecule is Fc1cc(-c2nc(Nc3ccc(-n4cnc(N5CCOCC5)n4)cc3)ncc2F)cc(N2CCOCC2)c1. The van der Waals surface area contributed by atoms with E-state index in [0.717, 1.165) is 25.0 Å². The summed E-state index contributed by atoms with van der Waals surface area (Å²) in [5.41, 5.74) is 2.56. The fourth-order valence-electron chi connectivity index (χ4n) is 4.46. The maximum absolute atomic E-state index is 14.7. The van der Waals surface area contributed by atoms with E-state index in [-0.39, 0.29) is 11.6 Å². The number of benzene rings is 2. The smallest absolute Gasteiger partial charge is 0.245 e. The number of nitrogens with zero attached hydrogens (tertiary/aromatic N) is 7. The third-order valence-electron chi connectivity index (χ3n) is 6.44. The van der Waals surface area contributed by atoms with Gasteiger partial charge in [0.1, 0.15) is 17.8 Å². The number of morpholine rings is 2. The second-order valence-corrected chi connectivity index (χ2v) is 8.95. The van der Waals surface area contributed by atoms with Gasteiger partial charge in [0.25, 0.3) is 0 Å². The van der Waals surface area contributed by atoms with Crippen LogP contribution in [0.2, 0.25) is 0 Å². The molecule has 38 heavy (non-hydrogen) atoms. The summed E-state index contributed by atoms with van der Waals surface area (Å²) in [4.78, 5) is 16.9. The van der Waals surface area contributed by atoms with Crippen LogP contribution in [0, 0.1) is 11.6 Å². The topological polar surface area (TPSA) is 93.5 Å². The number of hydrogen-bond donors (Lipinski definition) is 1. The monoisotopic (exact) mass is 520 g/mol. The predicted molar refractivity (Wildman–Crippen MR) is 138 cm³/mol. The molecule has 12 heteroatoms. The first-order valence-corrected chi connectivity index (χ1v) is 12.4. The van der Waals surface area contributed by atoms with Crippen LogP contribution in [0.15, 0.2) is 55.0 Å². The van der Waals surface area contributed by atoms with Gasteiger partial charge in [-0.2, -0.15) is 4.98 Å². The molecule has 6 rings (SSSR count). The highest BCUT2D eigenvalue weighted by Crippen LogP contribution is 2.29. The molecule has 4 heterocycles. The van der Waals surface area contributed by atoms with Gasteiger partial charge in [0.05, 0.1) is 38.3 Å². The zero-order chi connectivity index (χ0) is 25.9. The Balaban J connectivity index is 1.19. The lowest BCUT2D eigenvalue weighted by Gasteiger charge is -2.29. The van der Waals surface area contributed by atoms with Crippen molar-refractivity contribution in [2.24, 2.45) is 0 Å². The Hall–Kier alpha value is -4.16. The number of aromatic nitrogens is 5. The first kappa shape index (κ1) is 24.2. The summed E-state index contributed by atoms with van der Waals surface area (Å²) in [6.45, 7) is 5.25. The van der Waals surface area contributed by atoms with Gasteiger partial charge in [0.15, 0.2) is 5.82 Å². The van der Waals surface area contributed by atoms with E-state index in [9.17, 15) is 8.78 Å². The van der Waals surface area contributed by atoms with Gasteiger partial charge >= 0.3 is 0 Å². The van der Waals surface area contributed by atoms with Gasteiger partial charge in [-0.05, 0) is 42.5 Å². The highest BCUT2D eigenvalue weighted by Gasteiger charge is 2.18. The minimum Gasteiger partial charge on any atom is -0.378 e. The van der Waals surface area contributed by atoms with Crippen molar-refractivity contribution >= 4 is 23.3 Å². The molecule has 0 aliphatic carbocycles. The number of hydrogen-bond acceptors (Lipinski definition) is 9. The fourth-order valence-corrected chi connectivity index (χ4v) is 4.46. The fraction of sp³-hybridized carbons (Fsp3) is 0.308. The molecule has 2 aliphatic rings. The van der Waals surface area contributed by atoms with Crippen LogP contribution < -0.4 is 15.1 Å². The van der Waals surface area contributed by atoms with Crippen LogP contribution in [0.4, 0.5) is 32.1 Å². The molecule has 2 saturated heterocycles. The van der Waals surface area contributed by atoms with E-state index in [1.807, 2.05) is 29.2 Å². The number of nitrogens with one attached hydrogen (secondary N) is 1. The standard InChI is InChI=1S/C26H26F2N8O2/c27-19-13-18(14-22(15-19)34-5-9-37-10-6-34)24-23(28)16-29-25(32-24)31-20-1-3-21(4-2-20)36-17-30-26(33-36)35-7-11-38-12-8-35/h1-4,13-17H,5-12H2,(H,29,31,32). The second-order valence-electron chi connectivity index (χ2n) is 8.95. The molecule has 2 aromatic heterocycles. The van der Waals surface area contributed by atoms with Gasteiger partial charge < -0.3 is 24.6 Å². The molecule has 0 unspecified atom stereocenters. The van der Waals surface area contributed by atoms with Crippen molar-refractivity contribution in [2.45, 2.75) is 0 Å². The molecule has 4 aromatic rings. The Morgan fingerprint density at radius 2 is 1.50 bits per heavy atom. The maximum Gasteiger partial charge on any atom is 0.245 e.